The van der Waals surface area contributed by atoms with Crippen LogP contribution >= 0.6 is 0 Å². The molecule has 3 aromatic carbocycles. The van der Waals surface area contributed by atoms with Gasteiger partial charge in [0.25, 0.3) is 0 Å². The number of aromatic nitrogens is 1. The lowest BCUT2D eigenvalue weighted by molar-refractivity contribution is 0.670. The summed E-state index contributed by atoms with van der Waals surface area (Å²) in [7, 11) is 0. The molecule has 0 radical (unpaired) electrons. The molecule has 5 rings (SSSR count). The first kappa shape index (κ1) is 15.8. The van der Waals surface area contributed by atoms with E-state index in [1.807, 2.05) is 36.5 Å². The second-order valence-corrected chi connectivity index (χ2v) is 6.73. The zero-order valence-electron chi connectivity index (χ0n) is 15.1. The Morgan fingerprint density at radius 2 is 1.56 bits per heavy atom. The Kier molecular flexibility index (Phi) is 3.75. The third-order valence-corrected chi connectivity index (χ3v) is 5.13. The summed E-state index contributed by atoms with van der Waals surface area (Å²) >= 11 is 0. The molecule has 2 heterocycles. The average Bonchev–Trinajstić information content (AvgIpc) is 3.13. The molecule has 0 aliphatic carbocycles. The monoisotopic (exact) mass is 349 g/mol. The Hall–Kier alpha value is -3.39. The topological polar surface area (TPSA) is 26.0 Å². The minimum Gasteiger partial charge on any atom is -0.455 e. The molecular weight excluding hydrogens is 330 g/mol. The molecule has 0 saturated carbocycles. The number of rotatable bonds is 3. The molecule has 0 atom stereocenters. The SMILES string of the molecule is CCc1cc(-c2ccccc2)ncc1-c1cccc2c1oc1ccccc12. The average molecular weight is 349 g/mol. The van der Waals surface area contributed by atoms with Gasteiger partial charge < -0.3 is 4.42 Å². The van der Waals surface area contributed by atoms with Gasteiger partial charge >= 0.3 is 0 Å². The molecule has 0 aliphatic rings. The summed E-state index contributed by atoms with van der Waals surface area (Å²) in [5, 5.41) is 2.30. The standard InChI is InChI=1S/C25H19NO/c1-2-17-15-23(18-9-4-3-5-10-18)26-16-22(17)21-13-8-12-20-19-11-6-7-14-24(19)27-25(20)21/h3-16H,2H2,1H3. The van der Waals surface area contributed by atoms with Crippen LogP contribution in [0.4, 0.5) is 0 Å². The van der Waals surface area contributed by atoms with Crippen molar-refractivity contribution in [1.82, 2.24) is 4.98 Å². The van der Waals surface area contributed by atoms with E-state index in [0.717, 1.165) is 50.7 Å². The van der Waals surface area contributed by atoms with Gasteiger partial charge in [-0.2, -0.15) is 0 Å². The Balaban J connectivity index is 1.73. The summed E-state index contributed by atoms with van der Waals surface area (Å²) in [6.07, 6.45) is 2.93. The van der Waals surface area contributed by atoms with Gasteiger partial charge in [0, 0.05) is 33.7 Å². The molecule has 27 heavy (non-hydrogen) atoms. The van der Waals surface area contributed by atoms with E-state index in [0.29, 0.717) is 0 Å². The van der Waals surface area contributed by atoms with Crippen molar-refractivity contribution < 1.29 is 4.42 Å². The minimum absolute atomic E-state index is 0.923. The molecule has 0 unspecified atom stereocenters. The van der Waals surface area contributed by atoms with Crippen LogP contribution in [0.25, 0.3) is 44.3 Å². The second kappa shape index (κ2) is 6.40. The van der Waals surface area contributed by atoms with Crippen LogP contribution in [0.2, 0.25) is 0 Å². The smallest absolute Gasteiger partial charge is 0.143 e. The minimum atomic E-state index is 0.923. The van der Waals surface area contributed by atoms with E-state index in [1.54, 1.807) is 0 Å². The fraction of sp³-hybridized carbons (Fsp3) is 0.0800. The molecule has 130 valence electrons. The van der Waals surface area contributed by atoms with E-state index in [-0.39, 0.29) is 0 Å². The molecule has 5 aromatic rings. The number of hydrogen-bond donors (Lipinski definition) is 0. The number of para-hydroxylation sites is 2. The lowest BCUT2D eigenvalue weighted by Crippen LogP contribution is -1.93. The van der Waals surface area contributed by atoms with Gasteiger partial charge in [0.1, 0.15) is 11.2 Å². The van der Waals surface area contributed by atoms with Crippen LogP contribution in [0.15, 0.2) is 89.5 Å². The maximum absolute atomic E-state index is 6.22. The Labute approximate surface area is 158 Å². The van der Waals surface area contributed by atoms with E-state index in [2.05, 4.69) is 55.5 Å². The fourth-order valence-corrected chi connectivity index (χ4v) is 3.76. The van der Waals surface area contributed by atoms with Gasteiger partial charge in [-0.25, -0.2) is 0 Å². The quantitative estimate of drug-likeness (QED) is 0.355. The van der Waals surface area contributed by atoms with Crippen molar-refractivity contribution in [2.45, 2.75) is 13.3 Å². The van der Waals surface area contributed by atoms with Gasteiger partial charge in [0.05, 0.1) is 5.69 Å². The third-order valence-electron chi connectivity index (χ3n) is 5.13. The largest absolute Gasteiger partial charge is 0.455 e. The number of fused-ring (bicyclic) bond motifs is 3. The van der Waals surface area contributed by atoms with Crippen molar-refractivity contribution in [2.24, 2.45) is 0 Å². The van der Waals surface area contributed by atoms with Gasteiger partial charge in [-0.05, 0) is 24.1 Å². The Morgan fingerprint density at radius 1 is 0.778 bits per heavy atom. The van der Waals surface area contributed by atoms with E-state index < -0.39 is 0 Å². The molecule has 0 saturated heterocycles. The summed E-state index contributed by atoms with van der Waals surface area (Å²) < 4.78 is 6.22. The fourth-order valence-electron chi connectivity index (χ4n) is 3.76. The number of benzene rings is 3. The van der Waals surface area contributed by atoms with Crippen molar-refractivity contribution in [2.75, 3.05) is 0 Å². The van der Waals surface area contributed by atoms with E-state index in [4.69, 9.17) is 9.40 Å². The van der Waals surface area contributed by atoms with Crippen molar-refractivity contribution in [3.8, 4) is 22.4 Å². The zero-order chi connectivity index (χ0) is 18.2. The van der Waals surface area contributed by atoms with Gasteiger partial charge in [-0.3, -0.25) is 4.98 Å². The van der Waals surface area contributed by atoms with Gasteiger partial charge in [0.2, 0.25) is 0 Å². The summed E-state index contributed by atoms with van der Waals surface area (Å²) in [4.78, 5) is 4.75. The van der Waals surface area contributed by atoms with Crippen LogP contribution in [0.1, 0.15) is 12.5 Å². The van der Waals surface area contributed by atoms with E-state index >= 15 is 0 Å². The highest BCUT2D eigenvalue weighted by Gasteiger charge is 2.15. The van der Waals surface area contributed by atoms with Crippen LogP contribution in [-0.4, -0.2) is 4.98 Å². The number of furan rings is 1. The predicted molar refractivity (Wildman–Crippen MR) is 112 cm³/mol. The summed E-state index contributed by atoms with van der Waals surface area (Å²) in [5.41, 5.74) is 7.52. The van der Waals surface area contributed by atoms with Crippen molar-refractivity contribution >= 4 is 21.9 Å². The molecule has 0 N–H and O–H groups in total. The lowest BCUT2D eigenvalue weighted by atomic mass is 9.96. The highest BCUT2D eigenvalue weighted by atomic mass is 16.3. The summed E-state index contributed by atoms with van der Waals surface area (Å²) in [6, 6.07) is 27.1. The van der Waals surface area contributed by atoms with Crippen molar-refractivity contribution in [3.05, 3.63) is 90.6 Å². The van der Waals surface area contributed by atoms with Crippen LogP contribution in [0.3, 0.4) is 0 Å². The second-order valence-electron chi connectivity index (χ2n) is 6.73. The molecule has 0 fully saturated rings. The van der Waals surface area contributed by atoms with E-state index in [9.17, 15) is 0 Å². The molecule has 0 aliphatic heterocycles. The van der Waals surface area contributed by atoms with Gasteiger partial charge in [0.15, 0.2) is 0 Å². The number of nitrogens with zero attached hydrogens (tertiary/aromatic N) is 1. The summed E-state index contributed by atoms with van der Waals surface area (Å²) in [6.45, 7) is 2.19. The van der Waals surface area contributed by atoms with Crippen LogP contribution < -0.4 is 0 Å². The maximum atomic E-state index is 6.22. The summed E-state index contributed by atoms with van der Waals surface area (Å²) in [5.74, 6) is 0. The molecule has 2 heteroatoms. The molecule has 0 bridgehead atoms. The van der Waals surface area contributed by atoms with Crippen LogP contribution in [-0.2, 0) is 6.42 Å². The lowest BCUT2D eigenvalue weighted by Gasteiger charge is -2.11. The predicted octanol–water partition coefficient (Wildman–Crippen LogP) is 6.88. The third kappa shape index (κ3) is 2.61. The molecular formula is C25H19NO. The zero-order valence-corrected chi connectivity index (χ0v) is 15.1. The highest BCUT2D eigenvalue weighted by Crippen LogP contribution is 2.37. The van der Waals surface area contributed by atoms with E-state index in [1.165, 1.54) is 5.56 Å². The molecule has 0 amide bonds. The molecule has 2 aromatic heterocycles. The van der Waals surface area contributed by atoms with Gasteiger partial charge in [-0.1, -0.05) is 73.7 Å². The van der Waals surface area contributed by atoms with Crippen LogP contribution in [0, 0.1) is 0 Å². The Bertz CT molecular complexity index is 1250. The molecule has 2 nitrogen and oxygen atoms in total. The number of aryl methyl sites for hydroxylation is 1. The van der Waals surface area contributed by atoms with Crippen molar-refractivity contribution in [3.63, 3.8) is 0 Å². The maximum Gasteiger partial charge on any atom is 0.143 e. The Morgan fingerprint density at radius 3 is 2.41 bits per heavy atom. The van der Waals surface area contributed by atoms with Gasteiger partial charge in [-0.15, -0.1) is 0 Å². The number of pyridine rings is 1. The van der Waals surface area contributed by atoms with Crippen LogP contribution in [0.5, 0.6) is 0 Å². The van der Waals surface area contributed by atoms with Crippen molar-refractivity contribution in [1.29, 1.82) is 0 Å². The first-order chi connectivity index (χ1) is 13.3. The normalized spacial score (nSPS) is 11.3. The number of hydrogen-bond acceptors (Lipinski definition) is 2. The molecule has 0 spiro atoms. The first-order valence-corrected chi connectivity index (χ1v) is 9.30. The highest BCUT2D eigenvalue weighted by molar-refractivity contribution is 6.09. The first-order valence-electron chi connectivity index (χ1n) is 9.30.